The molecule has 0 spiro atoms. The normalized spacial score (nSPS) is 16.2. The number of carbonyl (C=O) groups excluding carboxylic acids is 1. The molecule has 3 heterocycles. The fraction of sp³-hybridized carbons (Fsp3) is 0.368. The largest absolute Gasteiger partial charge is 0.293 e. The van der Waals surface area contributed by atoms with Crippen molar-refractivity contribution in [2.45, 2.75) is 31.0 Å². The van der Waals surface area contributed by atoms with Gasteiger partial charge in [0.15, 0.2) is 0 Å². The summed E-state index contributed by atoms with van der Waals surface area (Å²) in [6, 6.07) is 5.88. The van der Waals surface area contributed by atoms with Gasteiger partial charge in [-0.1, -0.05) is 12.1 Å². The highest BCUT2D eigenvalue weighted by Gasteiger charge is 2.24. The van der Waals surface area contributed by atoms with E-state index in [4.69, 9.17) is 0 Å². The van der Waals surface area contributed by atoms with Gasteiger partial charge in [0, 0.05) is 23.3 Å². The van der Waals surface area contributed by atoms with Gasteiger partial charge in [-0.2, -0.15) is 5.10 Å². The molecule has 1 amide bonds. The molecule has 1 fully saturated rings. The van der Waals surface area contributed by atoms with Gasteiger partial charge >= 0.3 is 0 Å². The summed E-state index contributed by atoms with van der Waals surface area (Å²) in [6.45, 7) is 3.88. The third-order valence-corrected chi connectivity index (χ3v) is 5.49. The van der Waals surface area contributed by atoms with Crippen molar-refractivity contribution < 1.29 is 4.79 Å². The summed E-state index contributed by atoms with van der Waals surface area (Å²) in [5.74, 6) is 0.282. The summed E-state index contributed by atoms with van der Waals surface area (Å²) >= 11 is 0. The maximum absolute atomic E-state index is 12.6. The van der Waals surface area contributed by atoms with Crippen LogP contribution in [0, 0.1) is 0 Å². The van der Waals surface area contributed by atoms with E-state index in [0.717, 1.165) is 48.0 Å². The number of fused-ring (bicyclic) bond motifs is 1. The van der Waals surface area contributed by atoms with Crippen molar-refractivity contribution in [3.05, 3.63) is 36.8 Å². The minimum Gasteiger partial charge on any atom is -0.293 e. The predicted octanol–water partition coefficient (Wildman–Crippen LogP) is -0.617. The summed E-state index contributed by atoms with van der Waals surface area (Å²) in [6.07, 6.45) is 7.97. The monoisotopic (exact) mass is 386 g/mol. The van der Waals surface area contributed by atoms with E-state index in [0.29, 0.717) is 5.95 Å². The van der Waals surface area contributed by atoms with Crippen molar-refractivity contribution in [3.63, 3.8) is 0 Å². The predicted molar refractivity (Wildman–Crippen MR) is 123 cm³/mol. The number of carbonyl (C=O) groups is 1. The first-order chi connectivity index (χ1) is 13.8. The molecule has 1 N–H and O–H groups in total. The van der Waals surface area contributed by atoms with Crippen LogP contribution in [-0.4, -0.2) is 73.2 Å². The molecular formula is C19H25B3N6O. The molecule has 146 valence electrons. The van der Waals surface area contributed by atoms with Crippen LogP contribution in [0.15, 0.2) is 36.8 Å². The SMILES string of the molecule is BC(B)(B)n1cc(-c2ccc3cnc(NC(=O)[C@H](C)N4CCCC4)nc3c2)cn1. The summed E-state index contributed by atoms with van der Waals surface area (Å²) < 4.78 is 1.96. The fourth-order valence-electron chi connectivity index (χ4n) is 3.61. The zero-order chi connectivity index (χ0) is 20.6. The first-order valence-electron chi connectivity index (χ1n) is 10.2. The van der Waals surface area contributed by atoms with Crippen molar-refractivity contribution in [1.29, 1.82) is 0 Å². The number of likely N-dealkylation sites (tertiary alicyclic amines) is 1. The molecule has 0 bridgehead atoms. The van der Waals surface area contributed by atoms with E-state index in [1.54, 1.807) is 6.20 Å². The van der Waals surface area contributed by atoms with Gasteiger partial charge in [0.1, 0.15) is 23.5 Å². The van der Waals surface area contributed by atoms with E-state index in [2.05, 4.69) is 48.8 Å². The van der Waals surface area contributed by atoms with Gasteiger partial charge in [0.25, 0.3) is 0 Å². The topological polar surface area (TPSA) is 75.9 Å². The van der Waals surface area contributed by atoms with E-state index < -0.39 is 0 Å². The number of amides is 1. The van der Waals surface area contributed by atoms with Crippen LogP contribution < -0.4 is 5.32 Å². The average molecular weight is 386 g/mol. The molecule has 1 aliphatic rings. The molecule has 0 unspecified atom stereocenters. The Kier molecular flexibility index (Phi) is 5.21. The van der Waals surface area contributed by atoms with Gasteiger partial charge in [-0.25, -0.2) is 9.97 Å². The molecule has 29 heavy (non-hydrogen) atoms. The summed E-state index contributed by atoms with van der Waals surface area (Å²) in [4.78, 5) is 23.7. The van der Waals surface area contributed by atoms with Crippen LogP contribution in [0.4, 0.5) is 5.95 Å². The molecule has 3 aromatic rings. The van der Waals surface area contributed by atoms with Gasteiger partial charge in [0.2, 0.25) is 11.9 Å². The third kappa shape index (κ3) is 4.22. The molecule has 0 aliphatic carbocycles. The van der Waals surface area contributed by atoms with E-state index in [9.17, 15) is 4.79 Å². The zero-order valence-electron chi connectivity index (χ0n) is 17.5. The van der Waals surface area contributed by atoms with Gasteiger partial charge in [-0.05, 0) is 49.7 Å². The lowest BCUT2D eigenvalue weighted by molar-refractivity contribution is -0.120. The average Bonchev–Trinajstić information content (AvgIpc) is 3.38. The first-order valence-corrected chi connectivity index (χ1v) is 10.2. The van der Waals surface area contributed by atoms with Crippen LogP contribution in [0.1, 0.15) is 19.8 Å². The maximum atomic E-state index is 12.6. The molecule has 1 atom stereocenters. The Morgan fingerprint density at radius 2 is 1.93 bits per heavy atom. The van der Waals surface area contributed by atoms with Crippen LogP contribution in [0.2, 0.25) is 0 Å². The highest BCUT2D eigenvalue weighted by molar-refractivity contribution is 6.56. The lowest BCUT2D eigenvalue weighted by atomic mass is 9.49. The summed E-state index contributed by atoms with van der Waals surface area (Å²) in [7, 11) is 6.36. The minimum atomic E-state index is -0.175. The molecule has 10 heteroatoms. The highest BCUT2D eigenvalue weighted by atomic mass is 16.2. The second kappa shape index (κ2) is 7.67. The number of rotatable bonds is 5. The van der Waals surface area contributed by atoms with Crippen LogP contribution in [0.25, 0.3) is 22.0 Å². The van der Waals surface area contributed by atoms with Crippen molar-refractivity contribution in [3.8, 4) is 11.1 Å². The second-order valence-electron chi connectivity index (χ2n) is 8.72. The zero-order valence-corrected chi connectivity index (χ0v) is 17.5. The van der Waals surface area contributed by atoms with Crippen molar-refractivity contribution in [2.24, 2.45) is 0 Å². The fourth-order valence-corrected chi connectivity index (χ4v) is 3.61. The Hall–Kier alpha value is -2.61. The summed E-state index contributed by atoms with van der Waals surface area (Å²) in [5.41, 5.74) is 2.87. The number of nitrogens with zero attached hydrogens (tertiary/aromatic N) is 5. The number of nitrogens with one attached hydrogen (secondary N) is 1. The van der Waals surface area contributed by atoms with Gasteiger partial charge < -0.3 is 0 Å². The Morgan fingerprint density at radius 1 is 1.17 bits per heavy atom. The number of anilines is 1. The minimum absolute atomic E-state index is 0.0612. The number of hydrogen-bond acceptors (Lipinski definition) is 5. The molecule has 1 aliphatic heterocycles. The third-order valence-electron chi connectivity index (χ3n) is 5.49. The molecule has 0 radical (unpaired) electrons. The first kappa shape index (κ1) is 19.7. The molecule has 1 aromatic carbocycles. The van der Waals surface area contributed by atoms with Crippen LogP contribution in [0.5, 0.6) is 0 Å². The van der Waals surface area contributed by atoms with E-state index in [-0.39, 0.29) is 17.2 Å². The smallest absolute Gasteiger partial charge is 0.243 e. The van der Waals surface area contributed by atoms with Crippen LogP contribution >= 0.6 is 0 Å². The number of benzene rings is 1. The van der Waals surface area contributed by atoms with Gasteiger partial charge in [0.05, 0.1) is 17.8 Å². The van der Waals surface area contributed by atoms with Crippen LogP contribution in [-0.2, 0) is 10.0 Å². The second-order valence-corrected chi connectivity index (χ2v) is 8.72. The van der Waals surface area contributed by atoms with E-state index in [1.165, 1.54) is 0 Å². The maximum Gasteiger partial charge on any atom is 0.243 e. The lowest BCUT2D eigenvalue weighted by Crippen LogP contribution is -2.40. The van der Waals surface area contributed by atoms with Crippen molar-refractivity contribution in [1.82, 2.24) is 24.6 Å². The van der Waals surface area contributed by atoms with E-state index >= 15 is 0 Å². The lowest BCUT2D eigenvalue weighted by Gasteiger charge is -2.22. The van der Waals surface area contributed by atoms with E-state index in [1.807, 2.05) is 42.2 Å². The Bertz CT molecular complexity index is 1040. The molecule has 1 saturated heterocycles. The molecule has 2 aromatic heterocycles. The number of hydrogen-bond donors (Lipinski definition) is 1. The quantitative estimate of drug-likeness (QED) is 0.593. The van der Waals surface area contributed by atoms with Gasteiger partial charge in [-0.15, -0.1) is 0 Å². The number of aromatic nitrogens is 4. The van der Waals surface area contributed by atoms with Crippen molar-refractivity contribution in [2.75, 3.05) is 18.4 Å². The molecule has 0 saturated carbocycles. The van der Waals surface area contributed by atoms with Crippen molar-refractivity contribution >= 4 is 46.3 Å². The standard InChI is InChI=1S/C19H25B3N6O/c1-12(27-6-2-3-7-27)17(29)26-18-23-9-14-5-4-13(8-16(14)25-18)15-10-24-28(11-15)19(20,21)22/h4-5,8-12H,2-3,6-7,20-22H2,1H3,(H,23,25,26,29)/t12-/m0/s1. The Morgan fingerprint density at radius 3 is 2.62 bits per heavy atom. The molecule has 7 nitrogen and oxygen atoms in total. The highest BCUT2D eigenvalue weighted by Crippen LogP contribution is 2.24. The van der Waals surface area contributed by atoms with Gasteiger partial charge in [-0.3, -0.25) is 19.7 Å². The van der Waals surface area contributed by atoms with Crippen LogP contribution in [0.3, 0.4) is 0 Å². The molecule has 4 rings (SSSR count). The summed E-state index contributed by atoms with van der Waals surface area (Å²) in [5, 5.41) is 8.22. The molecular weight excluding hydrogens is 361 g/mol. The Balaban J connectivity index is 1.56. The Labute approximate surface area is 173 Å².